The van der Waals surface area contributed by atoms with Gasteiger partial charge >= 0.3 is 12.2 Å². The number of piperidine rings is 1. The molecule has 3 aromatic heterocycles. The number of anilines is 2. The van der Waals surface area contributed by atoms with Crippen LogP contribution in [-0.2, 0) is 49.0 Å². The summed E-state index contributed by atoms with van der Waals surface area (Å²) in [6, 6.07) is 54.7. The Kier molecular flexibility index (Phi) is 50.1. The fourth-order valence-electron chi connectivity index (χ4n) is 12.0. The zero-order valence-corrected chi connectivity index (χ0v) is 84.1. The van der Waals surface area contributed by atoms with Crippen molar-refractivity contribution in [2.45, 2.75) is 229 Å². The number of benzene rings is 9. The summed E-state index contributed by atoms with van der Waals surface area (Å²) in [6.07, 6.45) is 4.64. The van der Waals surface area contributed by atoms with Gasteiger partial charge < -0.3 is 69.6 Å². The summed E-state index contributed by atoms with van der Waals surface area (Å²) >= 11 is 6.11. The Balaban J connectivity index is 0.000000386. The maximum atomic E-state index is 12.1. The second-order valence-electron chi connectivity index (χ2n) is 38.1. The van der Waals surface area contributed by atoms with Crippen molar-refractivity contribution in [3.05, 3.63) is 274 Å². The van der Waals surface area contributed by atoms with Crippen molar-refractivity contribution >= 4 is 95.2 Å². The summed E-state index contributed by atoms with van der Waals surface area (Å²) in [5, 5.41) is 64.2. The number of hydrogen-bond acceptors (Lipinski definition) is 17. The van der Waals surface area contributed by atoms with E-state index in [9.17, 15) is 39.0 Å². The fraction of sp³-hybridized carbons (Fsp3) is 0.426. The third kappa shape index (κ3) is 43.2. The number of H-pyrrole nitrogens is 3. The molecular formula is C108H151ClN8O15. The first kappa shape index (κ1) is 115. The van der Waals surface area contributed by atoms with E-state index in [0.717, 1.165) is 131 Å². The van der Waals surface area contributed by atoms with E-state index in [0.29, 0.717) is 52.8 Å². The van der Waals surface area contributed by atoms with Gasteiger partial charge in [-0.05, 0) is 252 Å². The molecule has 1 fully saturated rings. The van der Waals surface area contributed by atoms with Crippen molar-refractivity contribution in [1.29, 1.82) is 0 Å². The van der Waals surface area contributed by atoms with E-state index in [4.69, 9.17) is 46.2 Å². The van der Waals surface area contributed by atoms with Crippen molar-refractivity contribution in [1.82, 2.24) is 29.7 Å². The average Bonchev–Trinajstić information content (AvgIpc) is 0.866. The number of carbonyl (C=O) groups excluding carboxylic acids is 3. The minimum Gasteiger partial charge on any atom is -0.507 e. The van der Waals surface area contributed by atoms with Crippen LogP contribution in [0.5, 0.6) is 17.2 Å². The van der Waals surface area contributed by atoms with Crippen LogP contribution in [-0.4, -0.2) is 138 Å². The summed E-state index contributed by atoms with van der Waals surface area (Å²) in [6.45, 7) is 51.2. The number of pyridine rings is 3. The van der Waals surface area contributed by atoms with E-state index in [-0.39, 0.29) is 71.3 Å². The first-order chi connectivity index (χ1) is 61.9. The molecule has 720 valence electrons. The van der Waals surface area contributed by atoms with Gasteiger partial charge in [-0.1, -0.05) is 206 Å². The molecule has 2 aliphatic rings. The summed E-state index contributed by atoms with van der Waals surface area (Å²) < 4.78 is 16.4. The number of aliphatic hydroxyl groups excluding tert-OH is 4. The van der Waals surface area contributed by atoms with Crippen LogP contribution in [0.4, 0.5) is 21.0 Å². The number of fused-ring (bicyclic) bond motifs is 6. The van der Waals surface area contributed by atoms with Gasteiger partial charge in [0.25, 0.3) is 11.5 Å². The summed E-state index contributed by atoms with van der Waals surface area (Å²) in [7, 11) is 7.10. The molecule has 0 atom stereocenters. The summed E-state index contributed by atoms with van der Waals surface area (Å²) in [5.74, 6) is 5.31. The van der Waals surface area contributed by atoms with Crippen molar-refractivity contribution in [2.24, 2.45) is 29.6 Å². The number of phenols is 2. The van der Waals surface area contributed by atoms with Crippen molar-refractivity contribution in [3.63, 3.8) is 0 Å². The third-order valence-electron chi connectivity index (χ3n) is 17.5. The predicted octanol–water partition coefficient (Wildman–Crippen LogP) is 23.8. The standard InChI is InChI=1S/C17H26N2O2.C16H24N2O3.C13H13ClN2O3.C11H11NO2.C11H10O2.C10H9NO2.C10H8O.5C4H10/c1-13-8-9-15(19-10-6-5-7-11-19)14(12-13)18-16(20)21-17(2,3)4;1-16(2,3)21-15(19)18-9-12-6-7-14(8-13(12)10-18)20-11-17(4)5;1-16(2)13(19)9-5-10(18)8-4-3-7(6-17)11(14)12(8)15-9;1-7-4-11(14)9-3-2-8(6-13)5-10(9)12-7;12-7-8-4-5-10-9(6-8)2-1-3-11(10)13;12-6-7-1-2-9-8(5-7)3-4-11-10(9)13;11-10-7-3-5-8-4-1-2-6-9(8)10;5*1-4(2)3/h8-9,12H,5-7,10-11H2,1-4H3,(H,18,20);6-8H,9-11H2,1-5H3;3-5,17H,6H2,1-2H3,(H,15,18);2-5,13H,6H2,1H3,(H,12,14);1-6,12-13H,7H2;1-5,12H,6H2,(H,11,13);1-7,11H;5*4H,1-3H3. The van der Waals surface area contributed by atoms with E-state index in [2.05, 4.69) is 141 Å². The monoisotopic (exact) mass is 1840 g/mol. The number of nitrogens with zero attached hydrogens (tertiary/aromatic N) is 4. The Morgan fingerprint density at radius 2 is 0.977 bits per heavy atom. The number of aliphatic hydroxyl groups is 4. The van der Waals surface area contributed by atoms with Crippen molar-refractivity contribution in [2.75, 3.05) is 58.2 Å². The van der Waals surface area contributed by atoms with Gasteiger partial charge in [-0.2, -0.15) is 0 Å². The lowest BCUT2D eigenvalue weighted by Gasteiger charge is -2.31. The van der Waals surface area contributed by atoms with Crippen LogP contribution in [0.3, 0.4) is 0 Å². The van der Waals surface area contributed by atoms with Gasteiger partial charge in [0.05, 0.1) is 48.3 Å². The number of carbonyl (C=O) groups is 3. The van der Waals surface area contributed by atoms with Gasteiger partial charge in [0.1, 0.15) is 40.9 Å². The smallest absolute Gasteiger partial charge is 0.412 e. The maximum absolute atomic E-state index is 12.1. The highest BCUT2D eigenvalue weighted by molar-refractivity contribution is 6.36. The van der Waals surface area contributed by atoms with Crippen molar-refractivity contribution in [3.8, 4) is 17.2 Å². The molecule has 0 bridgehead atoms. The quantitative estimate of drug-likeness (QED) is 0.0569. The number of ether oxygens (including phenoxy) is 3. The zero-order chi connectivity index (χ0) is 99.4. The van der Waals surface area contributed by atoms with E-state index in [1.807, 2.05) is 171 Å². The van der Waals surface area contributed by atoms with E-state index in [1.165, 1.54) is 30.2 Å². The molecule has 12 aromatic rings. The molecule has 24 heteroatoms. The SMILES string of the molecule is CC(C)C.CC(C)C.CC(C)C.CC(C)C.CC(C)C.CN(C)C(=O)c1cc(=O)c2ccc(CO)c(Cl)c2[nH]1.CN(C)COc1ccc2c(c1)CN(C(=O)OC(C)(C)C)C2.Cc1cc(=O)c2ccc(CO)cc2[nH]1.Cc1ccc(N2CCCCC2)c(NC(=O)OC(C)(C)C)c1.O=c1[nH]ccc2cc(CO)ccc12.OCc1ccc2c(O)cccc2c1.Oc1cccc2ccccc12. The first-order valence-electron chi connectivity index (χ1n) is 45.2. The number of aromatic amines is 3. The normalized spacial score (nSPS) is 11.7. The number of aromatic hydroxyl groups is 2. The number of nitrogens with one attached hydrogen (secondary N) is 4. The van der Waals surface area contributed by atoms with Gasteiger partial charge in [-0.25, -0.2) is 9.59 Å². The van der Waals surface area contributed by atoms with Gasteiger partial charge in [-0.15, -0.1) is 0 Å². The minimum absolute atomic E-state index is 0.00272. The Bertz CT molecular complexity index is 5670. The summed E-state index contributed by atoms with van der Waals surface area (Å²) in [5.41, 5.74) is 9.13. The Hall–Kier alpha value is -11.6. The minimum atomic E-state index is -0.487. The molecule has 0 spiro atoms. The molecule has 5 heterocycles. The van der Waals surface area contributed by atoms with Crippen LogP contribution in [0.15, 0.2) is 203 Å². The lowest BCUT2D eigenvalue weighted by atomic mass is 10.1. The van der Waals surface area contributed by atoms with Crippen LogP contribution >= 0.6 is 11.6 Å². The molecule has 0 unspecified atom stereocenters. The topological polar surface area (TPSA) is 324 Å². The molecule has 2 aliphatic heterocycles. The van der Waals surface area contributed by atoms with Gasteiger partial charge in [-0.3, -0.25) is 34.3 Å². The Labute approximate surface area is 788 Å². The molecule has 1 saturated heterocycles. The number of hydrogen-bond donors (Lipinski definition) is 10. The maximum Gasteiger partial charge on any atom is 0.412 e. The van der Waals surface area contributed by atoms with E-state index in [1.54, 1.807) is 91.9 Å². The highest BCUT2D eigenvalue weighted by Crippen LogP contribution is 2.33. The molecule has 0 saturated carbocycles. The number of rotatable bonds is 10. The van der Waals surface area contributed by atoms with Crippen LogP contribution < -0.4 is 31.4 Å². The first-order valence-corrected chi connectivity index (χ1v) is 45.6. The van der Waals surface area contributed by atoms with E-state index >= 15 is 0 Å². The highest BCUT2D eigenvalue weighted by atomic mass is 35.5. The molecule has 14 rings (SSSR count). The van der Waals surface area contributed by atoms with Gasteiger partial charge in [0.15, 0.2) is 10.9 Å². The molecule has 132 heavy (non-hydrogen) atoms. The van der Waals surface area contributed by atoms with E-state index < -0.39 is 17.3 Å². The molecule has 3 amide bonds. The van der Waals surface area contributed by atoms with Crippen molar-refractivity contribution < 1.29 is 59.2 Å². The van der Waals surface area contributed by atoms with Crippen LogP contribution in [0.25, 0.3) is 54.1 Å². The lowest BCUT2D eigenvalue weighted by molar-refractivity contribution is 0.0241. The number of aryl methyl sites for hydroxylation is 2. The Morgan fingerprint density at radius 1 is 0.492 bits per heavy atom. The predicted molar refractivity (Wildman–Crippen MR) is 547 cm³/mol. The second-order valence-corrected chi connectivity index (χ2v) is 38.4. The van der Waals surface area contributed by atoms with Crippen LogP contribution in [0.1, 0.15) is 220 Å². The average molecular weight is 1840 g/mol. The molecular weight excluding hydrogens is 1680 g/mol. The van der Waals surface area contributed by atoms with Crippen LogP contribution in [0.2, 0.25) is 5.02 Å². The van der Waals surface area contributed by atoms with Crippen LogP contribution in [0, 0.1) is 43.4 Å². The molecule has 23 nitrogen and oxygen atoms in total. The second kappa shape index (κ2) is 57.7. The number of phenolic OH excluding ortho intramolecular Hbond substituents is 2. The molecule has 0 aliphatic carbocycles. The molecule has 10 N–H and O–H groups in total. The van der Waals surface area contributed by atoms with Gasteiger partial charge in [0, 0.05) is 96.7 Å². The number of aromatic nitrogens is 3. The van der Waals surface area contributed by atoms with Gasteiger partial charge in [0.2, 0.25) is 0 Å². The Morgan fingerprint density at radius 3 is 1.50 bits per heavy atom. The molecule has 9 aromatic carbocycles. The largest absolute Gasteiger partial charge is 0.507 e. The number of amides is 3. The highest BCUT2D eigenvalue weighted by Gasteiger charge is 2.29. The molecule has 0 radical (unpaired) electrons. The lowest BCUT2D eigenvalue weighted by Crippen LogP contribution is -2.33. The third-order valence-corrected chi connectivity index (χ3v) is 17.9. The zero-order valence-electron chi connectivity index (χ0n) is 83.3. The summed E-state index contributed by atoms with van der Waals surface area (Å²) in [4.78, 5) is 86.7. The fourth-order valence-corrected chi connectivity index (χ4v) is 12.3. The number of halogens is 1.